The summed E-state index contributed by atoms with van der Waals surface area (Å²) >= 11 is 5.23. The van der Waals surface area contributed by atoms with Crippen LogP contribution in [0.1, 0.15) is 12.0 Å². The van der Waals surface area contributed by atoms with Gasteiger partial charge in [0.25, 0.3) is 0 Å². The lowest BCUT2D eigenvalue weighted by molar-refractivity contribution is -0.143. The standard InChI is InChI=1S/C13H12ClNO5/c14-10(16)7-9-12(17)20-11(15(9)13(18)19)6-8-4-2-1-3-5-8/h1-5,9,11H,6-7H2,(H,18,19). The van der Waals surface area contributed by atoms with Crippen LogP contribution in [0.25, 0.3) is 0 Å². The van der Waals surface area contributed by atoms with E-state index in [0.717, 1.165) is 10.5 Å². The fourth-order valence-electron chi connectivity index (χ4n) is 2.13. The summed E-state index contributed by atoms with van der Waals surface area (Å²) in [5.41, 5.74) is 0.828. The maximum Gasteiger partial charge on any atom is 0.410 e. The molecule has 1 heterocycles. The van der Waals surface area contributed by atoms with E-state index >= 15 is 0 Å². The molecule has 1 aromatic rings. The SMILES string of the molecule is O=C(Cl)CC1C(=O)OC(Cc2ccccc2)N1C(=O)O. The van der Waals surface area contributed by atoms with Crippen LogP contribution in [-0.4, -0.2) is 39.6 Å². The molecule has 1 N–H and O–H groups in total. The smallest absolute Gasteiger partial charge is 0.410 e. The summed E-state index contributed by atoms with van der Waals surface area (Å²) in [6.45, 7) is 0. The largest absolute Gasteiger partial charge is 0.465 e. The highest BCUT2D eigenvalue weighted by Crippen LogP contribution is 2.24. The number of cyclic esters (lactones) is 1. The zero-order valence-electron chi connectivity index (χ0n) is 10.4. The summed E-state index contributed by atoms with van der Waals surface area (Å²) < 4.78 is 5.05. The van der Waals surface area contributed by atoms with Crippen molar-refractivity contribution in [3.8, 4) is 0 Å². The van der Waals surface area contributed by atoms with Crippen LogP contribution in [0.5, 0.6) is 0 Å². The van der Waals surface area contributed by atoms with Gasteiger partial charge in [0.15, 0.2) is 6.23 Å². The molecular weight excluding hydrogens is 286 g/mol. The van der Waals surface area contributed by atoms with E-state index in [1.165, 1.54) is 0 Å². The third-order valence-electron chi connectivity index (χ3n) is 3.00. The highest BCUT2D eigenvalue weighted by atomic mass is 35.5. The molecule has 6 nitrogen and oxygen atoms in total. The zero-order chi connectivity index (χ0) is 14.7. The van der Waals surface area contributed by atoms with Crippen LogP contribution in [0, 0.1) is 0 Å². The predicted octanol–water partition coefficient (Wildman–Crippen LogP) is 1.62. The molecule has 1 aromatic carbocycles. The van der Waals surface area contributed by atoms with Gasteiger partial charge in [0.05, 0.1) is 6.42 Å². The first-order chi connectivity index (χ1) is 9.49. The van der Waals surface area contributed by atoms with Crippen LogP contribution < -0.4 is 0 Å². The molecule has 20 heavy (non-hydrogen) atoms. The van der Waals surface area contributed by atoms with E-state index in [-0.39, 0.29) is 6.42 Å². The second-order valence-corrected chi connectivity index (χ2v) is 4.77. The summed E-state index contributed by atoms with van der Waals surface area (Å²) in [5, 5.41) is 8.42. The maximum absolute atomic E-state index is 11.7. The van der Waals surface area contributed by atoms with Gasteiger partial charge in [-0.05, 0) is 17.2 Å². The third kappa shape index (κ3) is 3.08. The lowest BCUT2D eigenvalue weighted by atomic mass is 10.1. The number of carboxylic acid groups (broad SMARTS) is 1. The van der Waals surface area contributed by atoms with Gasteiger partial charge in [0.2, 0.25) is 5.24 Å². The Morgan fingerprint density at radius 1 is 1.30 bits per heavy atom. The first-order valence-corrected chi connectivity index (χ1v) is 6.31. The van der Waals surface area contributed by atoms with Gasteiger partial charge in [-0.15, -0.1) is 0 Å². The number of benzene rings is 1. The zero-order valence-corrected chi connectivity index (χ0v) is 11.1. The molecule has 0 aromatic heterocycles. The molecule has 0 bridgehead atoms. The molecular formula is C13H12ClNO5. The summed E-state index contributed by atoms with van der Waals surface area (Å²) in [6, 6.07) is 7.86. The Morgan fingerprint density at radius 3 is 2.50 bits per heavy atom. The van der Waals surface area contributed by atoms with Gasteiger partial charge in [0, 0.05) is 6.42 Å². The van der Waals surface area contributed by atoms with Crippen molar-refractivity contribution in [3.63, 3.8) is 0 Å². The molecule has 0 spiro atoms. The molecule has 1 aliphatic heterocycles. The summed E-state index contributed by atoms with van der Waals surface area (Å²) in [5.74, 6) is -0.748. The van der Waals surface area contributed by atoms with E-state index in [2.05, 4.69) is 0 Å². The van der Waals surface area contributed by atoms with Gasteiger partial charge in [-0.25, -0.2) is 9.59 Å². The Balaban J connectivity index is 2.18. The van der Waals surface area contributed by atoms with E-state index in [1.807, 2.05) is 6.07 Å². The highest BCUT2D eigenvalue weighted by molar-refractivity contribution is 6.63. The number of nitrogens with zero attached hydrogens (tertiary/aromatic N) is 1. The van der Waals surface area contributed by atoms with Crippen LogP contribution in [0.4, 0.5) is 4.79 Å². The normalized spacial score (nSPS) is 21.6. The van der Waals surface area contributed by atoms with E-state index in [1.54, 1.807) is 24.3 Å². The summed E-state index contributed by atoms with van der Waals surface area (Å²) in [7, 11) is 0. The topological polar surface area (TPSA) is 83.9 Å². The number of halogens is 1. The van der Waals surface area contributed by atoms with E-state index < -0.39 is 36.0 Å². The number of carbonyl (C=O) groups excluding carboxylic acids is 2. The van der Waals surface area contributed by atoms with Crippen LogP contribution in [0.15, 0.2) is 30.3 Å². The van der Waals surface area contributed by atoms with E-state index in [9.17, 15) is 19.5 Å². The van der Waals surface area contributed by atoms with Gasteiger partial charge < -0.3 is 9.84 Å². The van der Waals surface area contributed by atoms with E-state index in [0.29, 0.717) is 0 Å². The number of carbonyl (C=O) groups is 3. The monoisotopic (exact) mass is 297 g/mol. The number of amides is 1. The summed E-state index contributed by atoms with van der Waals surface area (Å²) in [6.07, 6.45) is -2.42. The molecule has 7 heteroatoms. The van der Waals surface area contributed by atoms with Crippen LogP contribution in [-0.2, 0) is 20.7 Å². The fourth-order valence-corrected chi connectivity index (χ4v) is 2.28. The first-order valence-electron chi connectivity index (χ1n) is 5.93. The second-order valence-electron chi connectivity index (χ2n) is 4.35. The number of rotatable bonds is 4. The number of esters is 1. The van der Waals surface area contributed by atoms with Gasteiger partial charge in [-0.2, -0.15) is 0 Å². The number of hydrogen-bond donors (Lipinski definition) is 1. The van der Waals surface area contributed by atoms with Crippen molar-refractivity contribution in [3.05, 3.63) is 35.9 Å². The lowest BCUT2D eigenvalue weighted by Crippen LogP contribution is -2.43. The molecule has 1 fully saturated rings. The van der Waals surface area contributed by atoms with Crippen LogP contribution in [0.3, 0.4) is 0 Å². The molecule has 106 valence electrons. The van der Waals surface area contributed by atoms with Crippen molar-refractivity contribution in [2.75, 3.05) is 0 Å². The Hall–Kier alpha value is -2.08. The predicted molar refractivity (Wildman–Crippen MR) is 69.2 cm³/mol. The molecule has 0 aliphatic carbocycles. The minimum absolute atomic E-state index is 0.228. The minimum atomic E-state index is -1.32. The minimum Gasteiger partial charge on any atom is -0.465 e. The highest BCUT2D eigenvalue weighted by Gasteiger charge is 2.45. The van der Waals surface area contributed by atoms with Gasteiger partial charge in [0.1, 0.15) is 6.04 Å². The average Bonchev–Trinajstić information content (AvgIpc) is 2.66. The van der Waals surface area contributed by atoms with Gasteiger partial charge in [-0.3, -0.25) is 9.69 Å². The molecule has 1 saturated heterocycles. The van der Waals surface area contributed by atoms with Crippen LogP contribution in [0.2, 0.25) is 0 Å². The van der Waals surface area contributed by atoms with Crippen molar-refractivity contribution in [2.45, 2.75) is 25.1 Å². The number of hydrogen-bond acceptors (Lipinski definition) is 4. The van der Waals surface area contributed by atoms with Crippen molar-refractivity contribution in [1.29, 1.82) is 0 Å². The van der Waals surface area contributed by atoms with E-state index in [4.69, 9.17) is 16.3 Å². The molecule has 0 saturated carbocycles. The second kappa shape index (κ2) is 5.92. The Morgan fingerprint density at radius 2 is 1.95 bits per heavy atom. The Kier molecular flexibility index (Phi) is 4.24. The molecule has 2 unspecified atom stereocenters. The molecule has 1 amide bonds. The third-order valence-corrected chi connectivity index (χ3v) is 3.15. The van der Waals surface area contributed by atoms with Crippen molar-refractivity contribution in [1.82, 2.24) is 4.90 Å². The molecule has 2 atom stereocenters. The Labute approximate surface area is 119 Å². The van der Waals surface area contributed by atoms with Crippen molar-refractivity contribution >= 4 is 28.9 Å². The quantitative estimate of drug-likeness (QED) is 0.674. The molecule has 2 rings (SSSR count). The van der Waals surface area contributed by atoms with Crippen molar-refractivity contribution < 1.29 is 24.2 Å². The fraction of sp³-hybridized carbons (Fsp3) is 0.308. The Bertz CT molecular complexity index is 533. The first kappa shape index (κ1) is 14.3. The average molecular weight is 298 g/mol. The lowest BCUT2D eigenvalue weighted by Gasteiger charge is -2.22. The van der Waals surface area contributed by atoms with Crippen molar-refractivity contribution in [2.24, 2.45) is 0 Å². The van der Waals surface area contributed by atoms with Crippen LogP contribution >= 0.6 is 11.6 Å². The molecule has 1 aliphatic rings. The summed E-state index contributed by atoms with van der Waals surface area (Å²) in [4.78, 5) is 34.7. The molecule has 0 radical (unpaired) electrons. The van der Waals surface area contributed by atoms with Gasteiger partial charge in [-0.1, -0.05) is 30.3 Å². The number of ether oxygens (including phenoxy) is 1. The maximum atomic E-state index is 11.7. The van der Waals surface area contributed by atoms with Gasteiger partial charge >= 0.3 is 12.1 Å².